The Labute approximate surface area is 174 Å². The van der Waals surface area contributed by atoms with Crippen LogP contribution in [0.1, 0.15) is 49.0 Å². The zero-order valence-corrected chi connectivity index (χ0v) is 18.0. The second-order valence-electron chi connectivity index (χ2n) is 8.01. The standard InChI is InChI=1S/C23H30N2O3S/c1-18-13-15-25(16-14-18)29(27,28)22-10-6-9-21(17-22)23(26)24-19(2)11-12-20-7-4-3-5-8-20/h3-10,17-19H,11-16H2,1-2H3,(H,24,26)/t19-/m0/s1. The highest BCUT2D eigenvalue weighted by Crippen LogP contribution is 2.24. The maximum absolute atomic E-state index is 12.9. The lowest BCUT2D eigenvalue weighted by molar-refractivity contribution is 0.0938. The molecule has 1 N–H and O–H groups in total. The molecule has 1 heterocycles. The normalized spacial score (nSPS) is 17.0. The second-order valence-corrected chi connectivity index (χ2v) is 9.95. The lowest BCUT2D eigenvalue weighted by Crippen LogP contribution is -2.38. The van der Waals surface area contributed by atoms with Crippen LogP contribution in [0.25, 0.3) is 0 Å². The van der Waals surface area contributed by atoms with E-state index in [-0.39, 0.29) is 16.8 Å². The zero-order chi connectivity index (χ0) is 20.9. The summed E-state index contributed by atoms with van der Waals surface area (Å²) in [6, 6.07) is 16.5. The van der Waals surface area contributed by atoms with Crippen LogP contribution < -0.4 is 5.32 Å². The maximum Gasteiger partial charge on any atom is 0.251 e. The molecule has 3 rings (SSSR count). The van der Waals surface area contributed by atoms with Crippen molar-refractivity contribution in [3.63, 3.8) is 0 Å². The van der Waals surface area contributed by atoms with Crippen molar-refractivity contribution < 1.29 is 13.2 Å². The van der Waals surface area contributed by atoms with E-state index in [0.717, 1.165) is 25.7 Å². The van der Waals surface area contributed by atoms with Gasteiger partial charge in [0.05, 0.1) is 4.90 Å². The number of amides is 1. The molecule has 1 atom stereocenters. The van der Waals surface area contributed by atoms with Gasteiger partial charge in [-0.25, -0.2) is 8.42 Å². The van der Waals surface area contributed by atoms with Crippen LogP contribution in [0.3, 0.4) is 0 Å². The SMILES string of the molecule is CC1CCN(S(=O)(=O)c2cccc(C(=O)N[C@@H](C)CCc3ccccc3)c2)CC1. The molecule has 6 heteroatoms. The number of nitrogens with one attached hydrogen (secondary N) is 1. The molecule has 2 aromatic carbocycles. The largest absolute Gasteiger partial charge is 0.350 e. The lowest BCUT2D eigenvalue weighted by Gasteiger charge is -2.29. The van der Waals surface area contributed by atoms with Gasteiger partial charge in [0.15, 0.2) is 0 Å². The Hall–Kier alpha value is -2.18. The van der Waals surface area contributed by atoms with Gasteiger partial charge < -0.3 is 5.32 Å². The minimum Gasteiger partial charge on any atom is -0.350 e. The first-order valence-corrected chi connectivity index (χ1v) is 11.8. The van der Waals surface area contributed by atoms with Crippen molar-refractivity contribution in [2.24, 2.45) is 5.92 Å². The third-order valence-corrected chi connectivity index (χ3v) is 7.46. The molecule has 5 nitrogen and oxygen atoms in total. The number of aryl methyl sites for hydroxylation is 1. The summed E-state index contributed by atoms with van der Waals surface area (Å²) < 4.78 is 27.4. The van der Waals surface area contributed by atoms with E-state index < -0.39 is 10.0 Å². The van der Waals surface area contributed by atoms with E-state index in [2.05, 4.69) is 24.4 Å². The minimum absolute atomic E-state index is 0.00782. The van der Waals surface area contributed by atoms with Crippen LogP contribution in [0, 0.1) is 5.92 Å². The van der Waals surface area contributed by atoms with Crippen molar-refractivity contribution in [3.05, 3.63) is 65.7 Å². The quantitative estimate of drug-likeness (QED) is 0.748. The van der Waals surface area contributed by atoms with Crippen LogP contribution in [-0.4, -0.2) is 37.8 Å². The molecule has 0 saturated carbocycles. The van der Waals surface area contributed by atoms with E-state index in [1.807, 2.05) is 25.1 Å². The van der Waals surface area contributed by atoms with Crippen molar-refractivity contribution >= 4 is 15.9 Å². The summed E-state index contributed by atoms with van der Waals surface area (Å²) >= 11 is 0. The smallest absolute Gasteiger partial charge is 0.251 e. The first kappa shape index (κ1) is 21.5. The number of hydrogen-bond acceptors (Lipinski definition) is 3. The molecule has 0 bridgehead atoms. The highest BCUT2D eigenvalue weighted by atomic mass is 32.2. The average Bonchev–Trinajstić information content (AvgIpc) is 2.73. The minimum atomic E-state index is -3.56. The predicted octanol–water partition coefficient (Wildman–Crippen LogP) is 3.86. The van der Waals surface area contributed by atoms with Crippen molar-refractivity contribution in [1.82, 2.24) is 9.62 Å². The van der Waals surface area contributed by atoms with Gasteiger partial charge >= 0.3 is 0 Å². The molecule has 0 aliphatic carbocycles. The summed E-state index contributed by atoms with van der Waals surface area (Å²) in [7, 11) is -3.56. The fraction of sp³-hybridized carbons (Fsp3) is 0.435. The molecule has 0 radical (unpaired) electrons. The number of piperidine rings is 1. The first-order chi connectivity index (χ1) is 13.9. The van der Waals surface area contributed by atoms with Crippen LogP contribution in [-0.2, 0) is 16.4 Å². The van der Waals surface area contributed by atoms with Crippen molar-refractivity contribution in [3.8, 4) is 0 Å². The van der Waals surface area contributed by atoms with Crippen LogP contribution in [0.4, 0.5) is 0 Å². The van der Waals surface area contributed by atoms with Gasteiger partial charge in [-0.1, -0.05) is 43.3 Å². The molecule has 156 valence electrons. The summed E-state index contributed by atoms with van der Waals surface area (Å²) in [5.74, 6) is 0.311. The average molecular weight is 415 g/mol. The number of carbonyl (C=O) groups is 1. The second kappa shape index (κ2) is 9.55. The number of rotatable bonds is 7. The van der Waals surface area contributed by atoms with E-state index >= 15 is 0 Å². The van der Waals surface area contributed by atoms with Gasteiger partial charge in [0, 0.05) is 24.7 Å². The summed E-state index contributed by atoms with van der Waals surface area (Å²) in [4.78, 5) is 12.8. The number of benzene rings is 2. The van der Waals surface area contributed by atoms with Crippen LogP contribution >= 0.6 is 0 Å². The lowest BCUT2D eigenvalue weighted by atomic mass is 10.0. The van der Waals surface area contributed by atoms with Gasteiger partial charge in [0.1, 0.15) is 0 Å². The topological polar surface area (TPSA) is 66.5 Å². The molecular formula is C23H30N2O3S. The Morgan fingerprint density at radius 2 is 1.79 bits per heavy atom. The summed E-state index contributed by atoms with van der Waals surface area (Å²) in [6.45, 7) is 5.19. The van der Waals surface area contributed by atoms with Gasteiger partial charge in [0.25, 0.3) is 5.91 Å². The Bertz CT molecular complexity index is 920. The van der Waals surface area contributed by atoms with Gasteiger partial charge in [-0.2, -0.15) is 4.31 Å². The predicted molar refractivity (Wildman–Crippen MR) is 115 cm³/mol. The summed E-state index contributed by atoms with van der Waals surface area (Å²) in [5, 5.41) is 2.98. The van der Waals surface area contributed by atoms with Gasteiger partial charge in [-0.05, 0) is 62.3 Å². The Morgan fingerprint density at radius 3 is 2.48 bits per heavy atom. The Kier molecular flexibility index (Phi) is 7.09. The molecule has 1 amide bonds. The maximum atomic E-state index is 12.9. The van der Waals surface area contributed by atoms with E-state index in [4.69, 9.17) is 0 Å². The van der Waals surface area contributed by atoms with E-state index in [1.165, 1.54) is 15.9 Å². The molecule has 1 saturated heterocycles. The summed E-state index contributed by atoms with van der Waals surface area (Å²) in [5.41, 5.74) is 1.61. The van der Waals surface area contributed by atoms with Crippen LogP contribution in [0.15, 0.2) is 59.5 Å². The summed E-state index contributed by atoms with van der Waals surface area (Å²) in [6.07, 6.45) is 3.44. The number of carbonyl (C=O) groups excluding carboxylic acids is 1. The molecule has 0 spiro atoms. The molecule has 2 aromatic rings. The van der Waals surface area contributed by atoms with E-state index in [1.54, 1.807) is 18.2 Å². The van der Waals surface area contributed by atoms with Crippen molar-refractivity contribution in [2.45, 2.75) is 50.5 Å². The van der Waals surface area contributed by atoms with Crippen molar-refractivity contribution in [1.29, 1.82) is 0 Å². The third-order valence-electron chi connectivity index (χ3n) is 5.56. The highest BCUT2D eigenvalue weighted by molar-refractivity contribution is 7.89. The van der Waals surface area contributed by atoms with Gasteiger partial charge in [0.2, 0.25) is 10.0 Å². The zero-order valence-electron chi connectivity index (χ0n) is 17.2. The number of sulfonamides is 1. The molecule has 1 aliphatic rings. The molecule has 0 aromatic heterocycles. The molecular weight excluding hydrogens is 384 g/mol. The first-order valence-electron chi connectivity index (χ1n) is 10.3. The molecule has 1 aliphatic heterocycles. The number of nitrogens with zero attached hydrogens (tertiary/aromatic N) is 1. The van der Waals surface area contributed by atoms with Crippen molar-refractivity contribution in [2.75, 3.05) is 13.1 Å². The third kappa shape index (κ3) is 5.67. The molecule has 0 unspecified atom stereocenters. The van der Waals surface area contributed by atoms with Gasteiger partial charge in [-0.3, -0.25) is 4.79 Å². The fourth-order valence-corrected chi connectivity index (χ4v) is 5.10. The van der Waals surface area contributed by atoms with Crippen LogP contribution in [0.5, 0.6) is 0 Å². The number of hydrogen-bond donors (Lipinski definition) is 1. The Balaban J connectivity index is 1.63. The highest BCUT2D eigenvalue weighted by Gasteiger charge is 2.28. The van der Waals surface area contributed by atoms with Crippen LogP contribution in [0.2, 0.25) is 0 Å². The van der Waals surface area contributed by atoms with E-state index in [9.17, 15) is 13.2 Å². The molecule has 29 heavy (non-hydrogen) atoms. The monoisotopic (exact) mass is 414 g/mol. The fourth-order valence-electron chi connectivity index (χ4n) is 3.58. The molecule has 1 fully saturated rings. The Morgan fingerprint density at radius 1 is 1.10 bits per heavy atom. The van der Waals surface area contributed by atoms with Gasteiger partial charge in [-0.15, -0.1) is 0 Å². The van der Waals surface area contributed by atoms with E-state index in [0.29, 0.717) is 24.6 Å².